The molecular weight excluding hydrogens is 324 g/mol. The third-order valence-corrected chi connectivity index (χ3v) is 5.32. The van der Waals surface area contributed by atoms with Crippen molar-refractivity contribution in [2.24, 2.45) is 0 Å². The Morgan fingerprint density at radius 3 is 2.71 bits per heavy atom. The van der Waals surface area contributed by atoms with Gasteiger partial charge in [0.05, 0.1) is 5.25 Å². The predicted molar refractivity (Wildman–Crippen MR) is 94.1 cm³/mol. The van der Waals surface area contributed by atoms with E-state index < -0.39 is 0 Å². The molecule has 0 aliphatic carbocycles. The summed E-state index contributed by atoms with van der Waals surface area (Å²) in [6, 6.07) is 10.0. The van der Waals surface area contributed by atoms with Gasteiger partial charge in [0.2, 0.25) is 5.91 Å². The second-order valence-corrected chi connectivity index (χ2v) is 7.30. The molecular formula is C17H22N4O2S. The van der Waals surface area contributed by atoms with Gasteiger partial charge in [0, 0.05) is 19.6 Å². The Labute approximate surface area is 145 Å². The van der Waals surface area contributed by atoms with Crippen LogP contribution in [0.25, 0.3) is 0 Å². The lowest BCUT2D eigenvalue weighted by Crippen LogP contribution is -2.34. The van der Waals surface area contributed by atoms with Gasteiger partial charge in [-0.2, -0.15) is 0 Å². The third-order valence-electron chi connectivity index (χ3n) is 4.24. The predicted octanol–water partition coefficient (Wildman–Crippen LogP) is 1.92. The molecule has 0 radical (unpaired) electrons. The van der Waals surface area contributed by atoms with Crippen LogP contribution >= 0.6 is 11.8 Å². The highest BCUT2D eigenvalue weighted by molar-refractivity contribution is 8.00. The fourth-order valence-electron chi connectivity index (χ4n) is 2.88. The van der Waals surface area contributed by atoms with Crippen molar-refractivity contribution in [1.82, 2.24) is 19.7 Å². The number of likely N-dealkylation sites (tertiary alicyclic amines) is 1. The molecule has 3 rings (SSSR count). The molecule has 128 valence electrons. The number of rotatable bonds is 6. The van der Waals surface area contributed by atoms with Crippen molar-refractivity contribution in [2.75, 3.05) is 13.1 Å². The maximum atomic E-state index is 12.4. The molecule has 2 heterocycles. The molecule has 0 spiro atoms. The van der Waals surface area contributed by atoms with E-state index in [1.165, 1.54) is 17.3 Å². The van der Waals surface area contributed by atoms with Gasteiger partial charge in [0.15, 0.2) is 5.16 Å². The average molecular weight is 346 g/mol. The summed E-state index contributed by atoms with van der Waals surface area (Å²) >= 11 is 1.35. The molecule has 2 aromatic rings. The van der Waals surface area contributed by atoms with Gasteiger partial charge in [0.1, 0.15) is 0 Å². The van der Waals surface area contributed by atoms with E-state index in [9.17, 15) is 9.59 Å². The van der Waals surface area contributed by atoms with Gasteiger partial charge in [-0.15, -0.1) is 5.10 Å². The standard InChI is InChI=1S/C17H22N4O2S/c1-13(15(22)20-10-5-6-11-20)24-17-19-18-16(23)21(17)12-9-14-7-3-2-4-8-14/h2-4,7-8,13H,5-6,9-12H2,1H3,(H,18,23). The van der Waals surface area contributed by atoms with Crippen LogP contribution in [-0.2, 0) is 17.8 Å². The molecule has 1 aromatic carbocycles. The van der Waals surface area contributed by atoms with Gasteiger partial charge in [-0.1, -0.05) is 42.1 Å². The number of H-pyrrole nitrogens is 1. The van der Waals surface area contributed by atoms with E-state index in [2.05, 4.69) is 10.2 Å². The molecule has 1 fully saturated rings. The van der Waals surface area contributed by atoms with Crippen molar-refractivity contribution >= 4 is 17.7 Å². The second kappa shape index (κ2) is 7.70. The number of aromatic nitrogens is 3. The number of hydrogen-bond donors (Lipinski definition) is 1. The minimum atomic E-state index is -0.242. The molecule has 7 heteroatoms. The molecule has 1 N–H and O–H groups in total. The lowest BCUT2D eigenvalue weighted by atomic mass is 10.1. The van der Waals surface area contributed by atoms with E-state index in [0.29, 0.717) is 11.7 Å². The number of amides is 1. The minimum absolute atomic E-state index is 0.127. The van der Waals surface area contributed by atoms with E-state index in [1.54, 1.807) is 4.57 Å². The van der Waals surface area contributed by atoms with Crippen LogP contribution < -0.4 is 5.69 Å². The third kappa shape index (κ3) is 3.90. The zero-order valence-electron chi connectivity index (χ0n) is 13.8. The SMILES string of the molecule is CC(Sc1n[nH]c(=O)n1CCc1ccccc1)C(=O)N1CCCC1. The Kier molecular flexibility index (Phi) is 5.40. The van der Waals surface area contributed by atoms with E-state index in [1.807, 2.05) is 42.2 Å². The van der Waals surface area contributed by atoms with Crippen molar-refractivity contribution in [2.45, 2.75) is 43.1 Å². The molecule has 0 bridgehead atoms. The topological polar surface area (TPSA) is 71.0 Å². The van der Waals surface area contributed by atoms with E-state index in [0.717, 1.165) is 32.4 Å². The van der Waals surface area contributed by atoms with Gasteiger partial charge in [-0.05, 0) is 31.7 Å². The van der Waals surface area contributed by atoms with Gasteiger partial charge in [0.25, 0.3) is 0 Å². The van der Waals surface area contributed by atoms with Crippen molar-refractivity contribution in [3.05, 3.63) is 46.4 Å². The first-order valence-electron chi connectivity index (χ1n) is 8.30. The summed E-state index contributed by atoms with van der Waals surface area (Å²) in [5, 5.41) is 6.93. The zero-order valence-corrected chi connectivity index (χ0v) is 14.6. The number of nitrogens with one attached hydrogen (secondary N) is 1. The molecule has 1 amide bonds. The number of thioether (sulfide) groups is 1. The zero-order chi connectivity index (χ0) is 16.9. The summed E-state index contributed by atoms with van der Waals surface area (Å²) in [6.45, 7) is 4.11. The molecule has 0 saturated carbocycles. The normalized spacial score (nSPS) is 15.6. The highest BCUT2D eigenvalue weighted by Crippen LogP contribution is 2.23. The molecule has 1 atom stereocenters. The van der Waals surface area contributed by atoms with E-state index in [4.69, 9.17) is 0 Å². The molecule has 1 aliphatic heterocycles. The lowest BCUT2D eigenvalue weighted by Gasteiger charge is -2.19. The van der Waals surface area contributed by atoms with Crippen LogP contribution in [0.1, 0.15) is 25.3 Å². The van der Waals surface area contributed by atoms with E-state index in [-0.39, 0.29) is 16.8 Å². The van der Waals surface area contributed by atoms with Gasteiger partial charge in [-0.25, -0.2) is 9.89 Å². The van der Waals surface area contributed by atoms with E-state index >= 15 is 0 Å². The number of aryl methyl sites for hydroxylation is 1. The van der Waals surface area contributed by atoms with Gasteiger partial charge in [-0.3, -0.25) is 9.36 Å². The van der Waals surface area contributed by atoms with Crippen molar-refractivity contribution in [3.8, 4) is 0 Å². The van der Waals surface area contributed by atoms with Crippen LogP contribution in [0.15, 0.2) is 40.3 Å². The van der Waals surface area contributed by atoms with Crippen LogP contribution in [-0.4, -0.2) is 43.9 Å². The maximum Gasteiger partial charge on any atom is 0.343 e. The molecule has 24 heavy (non-hydrogen) atoms. The van der Waals surface area contributed by atoms with Crippen LogP contribution in [0.5, 0.6) is 0 Å². The molecule has 1 saturated heterocycles. The first-order chi connectivity index (χ1) is 11.6. The van der Waals surface area contributed by atoms with Crippen LogP contribution in [0.3, 0.4) is 0 Å². The first kappa shape index (κ1) is 16.8. The van der Waals surface area contributed by atoms with Crippen molar-refractivity contribution in [3.63, 3.8) is 0 Å². The Bertz CT molecular complexity index is 735. The highest BCUT2D eigenvalue weighted by atomic mass is 32.2. The molecule has 1 aliphatic rings. The Morgan fingerprint density at radius 2 is 2.00 bits per heavy atom. The fraction of sp³-hybridized carbons (Fsp3) is 0.471. The van der Waals surface area contributed by atoms with Crippen LogP contribution in [0, 0.1) is 0 Å². The lowest BCUT2D eigenvalue weighted by molar-refractivity contribution is -0.129. The summed E-state index contributed by atoms with van der Waals surface area (Å²) in [6.07, 6.45) is 2.91. The molecule has 6 nitrogen and oxygen atoms in total. The Hall–Kier alpha value is -2.02. The number of benzene rings is 1. The minimum Gasteiger partial charge on any atom is -0.342 e. The van der Waals surface area contributed by atoms with Gasteiger partial charge >= 0.3 is 5.69 Å². The summed E-state index contributed by atoms with van der Waals surface area (Å²) in [5.41, 5.74) is 0.942. The molecule has 1 aromatic heterocycles. The first-order valence-corrected chi connectivity index (χ1v) is 9.17. The van der Waals surface area contributed by atoms with Crippen molar-refractivity contribution in [1.29, 1.82) is 0 Å². The summed E-state index contributed by atoms with van der Waals surface area (Å²) in [4.78, 5) is 26.3. The smallest absolute Gasteiger partial charge is 0.342 e. The second-order valence-electron chi connectivity index (χ2n) is 5.99. The monoisotopic (exact) mass is 346 g/mol. The summed E-state index contributed by atoms with van der Waals surface area (Å²) < 4.78 is 1.62. The number of aromatic amines is 1. The maximum absolute atomic E-state index is 12.4. The molecule has 1 unspecified atom stereocenters. The van der Waals surface area contributed by atoms with Crippen LogP contribution in [0.2, 0.25) is 0 Å². The number of carbonyl (C=O) groups excluding carboxylic acids is 1. The Morgan fingerprint density at radius 1 is 1.29 bits per heavy atom. The van der Waals surface area contributed by atoms with Gasteiger partial charge < -0.3 is 4.90 Å². The number of hydrogen-bond acceptors (Lipinski definition) is 4. The fourth-order valence-corrected chi connectivity index (χ4v) is 3.85. The largest absolute Gasteiger partial charge is 0.343 e. The highest BCUT2D eigenvalue weighted by Gasteiger charge is 2.25. The Balaban J connectivity index is 1.65. The average Bonchev–Trinajstić information content (AvgIpc) is 3.24. The van der Waals surface area contributed by atoms with Crippen LogP contribution in [0.4, 0.5) is 0 Å². The quantitative estimate of drug-likeness (QED) is 0.811. The summed E-state index contributed by atoms with van der Waals surface area (Å²) in [5.74, 6) is 0.127. The summed E-state index contributed by atoms with van der Waals surface area (Å²) in [7, 11) is 0. The van der Waals surface area contributed by atoms with Crippen molar-refractivity contribution < 1.29 is 4.79 Å². The number of carbonyl (C=O) groups is 1. The number of nitrogens with zero attached hydrogens (tertiary/aromatic N) is 3.